The van der Waals surface area contributed by atoms with Crippen LogP contribution in [0.4, 0.5) is 17.6 Å². The Morgan fingerprint density at radius 2 is 1.88 bits per heavy atom. The van der Waals surface area contributed by atoms with Crippen molar-refractivity contribution in [3.63, 3.8) is 0 Å². The standard InChI is InChI=1S/C29H25F4N3O4/c1-3-16-8-18-9-19(10-22(37)24(18)34-12-16)27(38)35-14-28(39,29(31,32)33)23-11-21-15(2)13-40-26(21)25(36-23)17-4-6-20(30)7-5-17/h4-12,15,37,39H,3,13-14H2,1-2H3,(H,35,38)/t15-,28+/m1/s1. The van der Waals surface area contributed by atoms with Crippen LogP contribution in [0.3, 0.4) is 0 Å². The van der Waals surface area contributed by atoms with E-state index in [1.54, 1.807) is 19.2 Å². The topological polar surface area (TPSA) is 105 Å². The van der Waals surface area contributed by atoms with E-state index < -0.39 is 35.7 Å². The average molecular weight is 556 g/mol. The normalized spacial score (nSPS) is 16.3. The SMILES string of the molecule is CCc1cnc2c(O)cc(C(=O)NC[C@](O)(c3cc4c(c(-c5ccc(F)cc5)n3)OC[C@H]4C)C(F)(F)F)cc2c1. The zero-order valence-electron chi connectivity index (χ0n) is 21.5. The zero-order valence-corrected chi connectivity index (χ0v) is 21.5. The molecular formula is C29H25F4N3O4. The molecule has 0 spiro atoms. The number of halogens is 4. The van der Waals surface area contributed by atoms with E-state index >= 15 is 0 Å². The molecule has 0 fully saturated rings. The monoisotopic (exact) mass is 555 g/mol. The Bertz CT molecular complexity index is 1610. The second-order valence-corrected chi connectivity index (χ2v) is 9.80. The maximum atomic E-state index is 14.5. The third-order valence-electron chi connectivity index (χ3n) is 7.02. The van der Waals surface area contributed by atoms with Crippen molar-refractivity contribution in [3.05, 3.63) is 82.9 Å². The maximum absolute atomic E-state index is 14.5. The maximum Gasteiger partial charge on any atom is 0.424 e. The smallest absolute Gasteiger partial charge is 0.424 e. The number of phenolic OH excluding ortho intramolecular Hbond substituents is 1. The summed E-state index contributed by atoms with van der Waals surface area (Å²) >= 11 is 0. The number of rotatable bonds is 6. The summed E-state index contributed by atoms with van der Waals surface area (Å²) < 4.78 is 62.6. The van der Waals surface area contributed by atoms with Crippen LogP contribution in [0.1, 0.15) is 46.9 Å². The number of aromatic hydroxyl groups is 1. The minimum absolute atomic E-state index is 0.0181. The molecule has 2 aromatic heterocycles. The number of aromatic nitrogens is 2. The van der Waals surface area contributed by atoms with E-state index in [0.29, 0.717) is 22.9 Å². The summed E-state index contributed by atoms with van der Waals surface area (Å²) in [5.74, 6) is -1.84. The number of fused-ring (bicyclic) bond motifs is 2. The van der Waals surface area contributed by atoms with Crippen LogP contribution < -0.4 is 10.1 Å². The number of hydrogen-bond donors (Lipinski definition) is 3. The molecule has 0 aliphatic carbocycles. The summed E-state index contributed by atoms with van der Waals surface area (Å²) in [6, 6.07) is 10.3. The summed E-state index contributed by atoms with van der Waals surface area (Å²) in [7, 11) is 0. The van der Waals surface area contributed by atoms with Crippen LogP contribution in [0.15, 0.2) is 54.7 Å². The second kappa shape index (κ2) is 10.1. The van der Waals surface area contributed by atoms with Crippen molar-refractivity contribution in [2.75, 3.05) is 13.2 Å². The van der Waals surface area contributed by atoms with E-state index in [9.17, 15) is 32.6 Å². The first-order valence-corrected chi connectivity index (χ1v) is 12.5. The number of hydrogen-bond acceptors (Lipinski definition) is 6. The first-order chi connectivity index (χ1) is 18.9. The Balaban J connectivity index is 1.52. The third-order valence-corrected chi connectivity index (χ3v) is 7.02. The van der Waals surface area contributed by atoms with E-state index in [2.05, 4.69) is 15.3 Å². The fourth-order valence-electron chi connectivity index (χ4n) is 4.63. The number of carbonyl (C=O) groups excluding carboxylic acids is 1. The minimum atomic E-state index is -5.24. The number of aliphatic hydroxyl groups is 1. The van der Waals surface area contributed by atoms with E-state index in [1.807, 2.05) is 6.92 Å². The molecule has 0 unspecified atom stereocenters. The van der Waals surface area contributed by atoms with Crippen molar-refractivity contribution in [3.8, 4) is 22.8 Å². The molecule has 2 atom stereocenters. The number of ether oxygens (including phenoxy) is 1. The molecule has 7 nitrogen and oxygen atoms in total. The molecule has 40 heavy (non-hydrogen) atoms. The molecular weight excluding hydrogens is 530 g/mol. The van der Waals surface area contributed by atoms with Gasteiger partial charge in [0.2, 0.25) is 5.60 Å². The largest absolute Gasteiger partial charge is 0.506 e. The Kier molecular flexibility index (Phi) is 6.87. The second-order valence-electron chi connectivity index (χ2n) is 9.80. The van der Waals surface area contributed by atoms with E-state index in [-0.39, 0.29) is 40.8 Å². The van der Waals surface area contributed by atoms with Gasteiger partial charge in [-0.3, -0.25) is 9.78 Å². The zero-order chi connectivity index (χ0) is 28.8. The lowest BCUT2D eigenvalue weighted by atomic mass is 9.92. The van der Waals surface area contributed by atoms with Gasteiger partial charge >= 0.3 is 6.18 Å². The van der Waals surface area contributed by atoms with Gasteiger partial charge in [0.15, 0.2) is 0 Å². The minimum Gasteiger partial charge on any atom is -0.506 e. The lowest BCUT2D eigenvalue weighted by Gasteiger charge is -2.31. The summed E-state index contributed by atoms with van der Waals surface area (Å²) in [4.78, 5) is 21.3. The Morgan fingerprint density at radius 1 is 1.15 bits per heavy atom. The van der Waals surface area contributed by atoms with E-state index in [1.165, 1.54) is 18.2 Å². The Labute approximate surface area is 226 Å². The van der Waals surface area contributed by atoms with Gasteiger partial charge in [-0.2, -0.15) is 13.2 Å². The summed E-state index contributed by atoms with van der Waals surface area (Å²) in [6.07, 6.45) is -3.01. The highest BCUT2D eigenvalue weighted by atomic mass is 19.4. The predicted molar refractivity (Wildman–Crippen MR) is 139 cm³/mol. The number of aryl methyl sites for hydroxylation is 1. The average Bonchev–Trinajstić information content (AvgIpc) is 3.30. The van der Waals surface area contributed by atoms with Crippen LogP contribution in [0.25, 0.3) is 22.2 Å². The molecule has 208 valence electrons. The van der Waals surface area contributed by atoms with Crippen molar-refractivity contribution in [1.82, 2.24) is 15.3 Å². The Morgan fingerprint density at radius 3 is 2.55 bits per heavy atom. The summed E-state index contributed by atoms with van der Waals surface area (Å²) in [5.41, 5.74) is -2.63. The van der Waals surface area contributed by atoms with Gasteiger partial charge in [0, 0.05) is 34.2 Å². The predicted octanol–water partition coefficient (Wildman–Crippen LogP) is 5.38. The number of nitrogens with zero attached hydrogens (tertiary/aromatic N) is 2. The molecule has 11 heteroatoms. The number of alkyl halides is 3. The highest BCUT2D eigenvalue weighted by Crippen LogP contribution is 2.45. The molecule has 0 radical (unpaired) electrons. The van der Waals surface area contributed by atoms with Gasteiger partial charge in [0.05, 0.1) is 18.8 Å². The van der Waals surface area contributed by atoms with Crippen molar-refractivity contribution in [2.24, 2.45) is 0 Å². The number of carbonyl (C=O) groups is 1. The third kappa shape index (κ3) is 4.81. The van der Waals surface area contributed by atoms with Gasteiger partial charge in [-0.05, 0) is 60.5 Å². The molecule has 1 amide bonds. The lowest BCUT2D eigenvalue weighted by Crippen LogP contribution is -2.51. The first-order valence-electron chi connectivity index (χ1n) is 12.5. The molecule has 2 aromatic carbocycles. The van der Waals surface area contributed by atoms with Crippen LogP contribution in [0.2, 0.25) is 0 Å². The number of pyridine rings is 2. The van der Waals surface area contributed by atoms with Crippen LogP contribution in [-0.2, 0) is 12.0 Å². The van der Waals surface area contributed by atoms with Crippen LogP contribution >= 0.6 is 0 Å². The number of phenols is 1. The Hall–Kier alpha value is -4.25. The fourth-order valence-corrected chi connectivity index (χ4v) is 4.63. The molecule has 4 aromatic rings. The number of nitrogens with one attached hydrogen (secondary N) is 1. The summed E-state index contributed by atoms with van der Waals surface area (Å²) in [6.45, 7) is 2.59. The molecule has 0 saturated carbocycles. The number of amides is 1. The van der Waals surface area contributed by atoms with Crippen molar-refractivity contribution in [2.45, 2.75) is 38.0 Å². The lowest BCUT2D eigenvalue weighted by molar-refractivity contribution is -0.265. The molecule has 0 bridgehead atoms. The van der Waals surface area contributed by atoms with E-state index in [0.717, 1.165) is 29.8 Å². The molecule has 1 aliphatic heterocycles. The molecule has 3 N–H and O–H groups in total. The first kappa shape index (κ1) is 27.3. The molecule has 0 saturated heterocycles. The van der Waals surface area contributed by atoms with Gasteiger partial charge < -0.3 is 20.3 Å². The van der Waals surface area contributed by atoms with Crippen LogP contribution in [0, 0.1) is 5.82 Å². The van der Waals surface area contributed by atoms with Crippen LogP contribution in [0.5, 0.6) is 11.5 Å². The summed E-state index contributed by atoms with van der Waals surface area (Å²) in [5, 5.41) is 24.0. The molecule has 3 heterocycles. The fraction of sp³-hybridized carbons (Fsp3) is 0.276. The van der Waals surface area contributed by atoms with Gasteiger partial charge in [0.1, 0.15) is 28.5 Å². The van der Waals surface area contributed by atoms with Crippen LogP contribution in [-0.4, -0.2) is 45.4 Å². The van der Waals surface area contributed by atoms with Gasteiger partial charge in [-0.25, -0.2) is 9.37 Å². The molecule has 1 aliphatic rings. The van der Waals surface area contributed by atoms with Gasteiger partial charge in [-0.1, -0.05) is 13.8 Å². The van der Waals surface area contributed by atoms with Gasteiger partial charge in [0.25, 0.3) is 5.91 Å². The van der Waals surface area contributed by atoms with Crippen molar-refractivity contribution in [1.29, 1.82) is 0 Å². The van der Waals surface area contributed by atoms with Crippen molar-refractivity contribution >= 4 is 16.8 Å². The highest BCUT2D eigenvalue weighted by Gasteiger charge is 2.57. The molecule has 5 rings (SSSR count). The van der Waals surface area contributed by atoms with Gasteiger partial charge in [-0.15, -0.1) is 0 Å². The van der Waals surface area contributed by atoms with E-state index in [4.69, 9.17) is 4.74 Å². The quantitative estimate of drug-likeness (QED) is 0.276. The highest BCUT2D eigenvalue weighted by molar-refractivity contribution is 5.99. The number of benzene rings is 2. The van der Waals surface area contributed by atoms with Crippen molar-refractivity contribution < 1.29 is 37.3 Å².